The smallest absolute Gasteiger partial charge is 0.255 e. The highest BCUT2D eigenvalue weighted by molar-refractivity contribution is 5.94. The lowest BCUT2D eigenvalue weighted by Gasteiger charge is -2.41. The number of anilines is 1. The van der Waals surface area contributed by atoms with E-state index in [0.29, 0.717) is 17.5 Å². The number of nitrogens with zero attached hydrogens (tertiary/aromatic N) is 6. The molecule has 0 unspecified atom stereocenters. The zero-order valence-corrected chi connectivity index (χ0v) is 18.0. The Morgan fingerprint density at radius 3 is 2.90 bits per heavy atom. The monoisotopic (exact) mass is 417 g/mol. The summed E-state index contributed by atoms with van der Waals surface area (Å²) in [5.74, 6) is 0.969. The molecule has 1 N–H and O–H groups in total. The van der Waals surface area contributed by atoms with Gasteiger partial charge in [-0.1, -0.05) is 6.07 Å². The van der Waals surface area contributed by atoms with Crippen molar-refractivity contribution >= 4 is 11.7 Å². The predicted molar refractivity (Wildman–Crippen MR) is 116 cm³/mol. The third kappa shape index (κ3) is 3.21. The second kappa shape index (κ2) is 6.67. The van der Waals surface area contributed by atoms with Crippen LogP contribution in [0.1, 0.15) is 58.3 Å². The number of carbonyl (C=O) groups is 1. The number of pyridine rings is 1. The number of aryl methyl sites for hydroxylation is 2. The van der Waals surface area contributed by atoms with E-state index in [9.17, 15) is 4.79 Å². The number of aromatic nitrogens is 5. The van der Waals surface area contributed by atoms with Crippen LogP contribution in [0.5, 0.6) is 0 Å². The Morgan fingerprint density at radius 2 is 2.13 bits per heavy atom. The van der Waals surface area contributed by atoms with Crippen LogP contribution in [0.3, 0.4) is 0 Å². The molecule has 6 rings (SSSR count). The number of hydrogen-bond donors (Lipinski definition) is 1. The number of imidazole rings is 1. The van der Waals surface area contributed by atoms with Gasteiger partial charge in [0.05, 0.1) is 36.4 Å². The standard InChI is InChI=1S/C23H27N7O/c1-15-16(3-6-20(26-15)29-12-23(13-29)7-8-23)10-30-11-17(9-25-30)22(31)27-18-4-5-19-21(18)24-14-28(19)2/h3,6,9,11,14,18H,4-5,7-8,10,12-13H2,1-2H3,(H,27,31)/t18-/m1/s1. The zero-order chi connectivity index (χ0) is 21.2. The molecule has 1 saturated heterocycles. The summed E-state index contributed by atoms with van der Waals surface area (Å²) in [6.07, 6.45) is 9.84. The minimum Gasteiger partial charge on any atom is -0.355 e. The van der Waals surface area contributed by atoms with E-state index >= 15 is 0 Å². The van der Waals surface area contributed by atoms with Crippen LogP contribution in [-0.4, -0.2) is 43.3 Å². The molecule has 1 spiro atoms. The molecule has 160 valence electrons. The summed E-state index contributed by atoms with van der Waals surface area (Å²) in [7, 11) is 2.00. The molecule has 31 heavy (non-hydrogen) atoms. The highest BCUT2D eigenvalue weighted by Crippen LogP contribution is 2.53. The van der Waals surface area contributed by atoms with E-state index in [1.165, 1.54) is 18.5 Å². The van der Waals surface area contributed by atoms with E-state index in [2.05, 4.69) is 32.4 Å². The van der Waals surface area contributed by atoms with E-state index in [-0.39, 0.29) is 11.9 Å². The zero-order valence-electron chi connectivity index (χ0n) is 18.0. The molecular weight excluding hydrogens is 390 g/mol. The Balaban J connectivity index is 1.11. The predicted octanol–water partition coefficient (Wildman–Crippen LogP) is 2.39. The van der Waals surface area contributed by atoms with Gasteiger partial charge in [-0.25, -0.2) is 9.97 Å². The molecule has 0 radical (unpaired) electrons. The first-order chi connectivity index (χ1) is 15.0. The number of hydrogen-bond acceptors (Lipinski definition) is 5. The summed E-state index contributed by atoms with van der Waals surface area (Å²) < 4.78 is 3.84. The molecule has 4 heterocycles. The van der Waals surface area contributed by atoms with Crippen molar-refractivity contribution in [3.63, 3.8) is 0 Å². The fraction of sp³-hybridized carbons (Fsp3) is 0.478. The average molecular weight is 418 g/mol. The maximum absolute atomic E-state index is 12.7. The molecule has 3 aromatic heterocycles. The number of nitrogens with one attached hydrogen (secondary N) is 1. The van der Waals surface area contributed by atoms with Crippen molar-refractivity contribution in [1.82, 2.24) is 29.6 Å². The van der Waals surface area contributed by atoms with Crippen LogP contribution in [0.25, 0.3) is 0 Å². The van der Waals surface area contributed by atoms with Gasteiger partial charge in [0, 0.05) is 43.1 Å². The maximum atomic E-state index is 12.7. The molecule has 1 saturated carbocycles. The van der Waals surface area contributed by atoms with Crippen LogP contribution in [0.15, 0.2) is 30.9 Å². The third-order valence-electron chi connectivity index (χ3n) is 7.14. The molecule has 8 nitrogen and oxygen atoms in total. The lowest BCUT2D eigenvalue weighted by molar-refractivity contribution is 0.0936. The molecule has 3 aliphatic rings. The normalized spacial score (nSPS) is 20.6. The number of amides is 1. The van der Waals surface area contributed by atoms with Crippen molar-refractivity contribution in [2.24, 2.45) is 12.5 Å². The summed E-state index contributed by atoms with van der Waals surface area (Å²) in [6.45, 7) is 4.95. The van der Waals surface area contributed by atoms with Gasteiger partial charge in [-0.2, -0.15) is 5.10 Å². The van der Waals surface area contributed by atoms with Gasteiger partial charge in [0.15, 0.2) is 0 Å². The molecule has 0 bridgehead atoms. The van der Waals surface area contributed by atoms with E-state index in [4.69, 9.17) is 4.98 Å². The fourth-order valence-corrected chi connectivity index (χ4v) is 4.95. The van der Waals surface area contributed by atoms with E-state index in [1.54, 1.807) is 6.20 Å². The SMILES string of the molecule is Cc1nc(N2CC3(CC3)C2)ccc1Cn1cc(C(=O)N[C@@H]2CCc3c2ncn3C)cn1. The molecule has 2 fully saturated rings. The van der Waals surface area contributed by atoms with Crippen LogP contribution in [-0.2, 0) is 20.0 Å². The Kier molecular flexibility index (Phi) is 4.00. The van der Waals surface area contributed by atoms with Gasteiger partial charge < -0.3 is 14.8 Å². The first-order valence-electron chi connectivity index (χ1n) is 11.0. The summed E-state index contributed by atoms with van der Waals surface area (Å²) in [5, 5.41) is 7.52. The van der Waals surface area contributed by atoms with Crippen molar-refractivity contribution in [2.75, 3.05) is 18.0 Å². The van der Waals surface area contributed by atoms with E-state index < -0.39 is 0 Å². The third-order valence-corrected chi connectivity index (χ3v) is 7.14. The van der Waals surface area contributed by atoms with Crippen LogP contribution in [0.2, 0.25) is 0 Å². The van der Waals surface area contributed by atoms with Crippen molar-refractivity contribution in [1.29, 1.82) is 0 Å². The summed E-state index contributed by atoms with van der Waals surface area (Å²) in [4.78, 5) is 24.4. The van der Waals surface area contributed by atoms with Gasteiger partial charge in [-0.3, -0.25) is 9.48 Å². The minimum atomic E-state index is -0.105. The lowest BCUT2D eigenvalue weighted by atomic mass is 9.97. The Labute approximate surface area is 181 Å². The van der Waals surface area contributed by atoms with E-state index in [1.807, 2.05) is 35.7 Å². The Bertz CT molecular complexity index is 1160. The van der Waals surface area contributed by atoms with Crippen LogP contribution >= 0.6 is 0 Å². The van der Waals surface area contributed by atoms with Crippen molar-refractivity contribution in [3.05, 3.63) is 59.1 Å². The summed E-state index contributed by atoms with van der Waals surface area (Å²) in [5.41, 5.74) is 5.52. The quantitative estimate of drug-likeness (QED) is 0.689. The highest BCUT2D eigenvalue weighted by Gasteiger charge is 2.52. The summed E-state index contributed by atoms with van der Waals surface area (Å²) in [6, 6.07) is 4.22. The van der Waals surface area contributed by atoms with Gasteiger partial charge in [-0.15, -0.1) is 0 Å². The van der Waals surface area contributed by atoms with E-state index in [0.717, 1.165) is 48.7 Å². The van der Waals surface area contributed by atoms with Gasteiger partial charge in [0.1, 0.15) is 5.82 Å². The number of rotatable bonds is 5. The molecule has 1 atom stereocenters. The Morgan fingerprint density at radius 1 is 1.29 bits per heavy atom. The van der Waals surface area contributed by atoms with Gasteiger partial charge in [-0.05, 0) is 44.2 Å². The van der Waals surface area contributed by atoms with Crippen LogP contribution in [0.4, 0.5) is 5.82 Å². The average Bonchev–Trinajstić information content (AvgIpc) is 3.04. The molecule has 1 amide bonds. The van der Waals surface area contributed by atoms with Crippen LogP contribution < -0.4 is 10.2 Å². The first-order valence-corrected chi connectivity index (χ1v) is 11.0. The molecule has 3 aromatic rings. The topological polar surface area (TPSA) is 80.9 Å². The number of fused-ring (bicyclic) bond motifs is 1. The lowest BCUT2D eigenvalue weighted by Crippen LogP contribution is -2.48. The van der Waals surface area contributed by atoms with Gasteiger partial charge in [0.25, 0.3) is 5.91 Å². The molecule has 0 aromatic carbocycles. The maximum Gasteiger partial charge on any atom is 0.255 e. The molecule has 8 heteroatoms. The highest BCUT2D eigenvalue weighted by atomic mass is 16.1. The second-order valence-electron chi connectivity index (χ2n) is 9.45. The molecule has 2 aliphatic carbocycles. The van der Waals surface area contributed by atoms with Gasteiger partial charge >= 0.3 is 0 Å². The largest absolute Gasteiger partial charge is 0.355 e. The van der Waals surface area contributed by atoms with Crippen molar-refractivity contribution in [3.8, 4) is 0 Å². The number of carbonyl (C=O) groups excluding carboxylic acids is 1. The fourth-order valence-electron chi connectivity index (χ4n) is 4.95. The summed E-state index contributed by atoms with van der Waals surface area (Å²) >= 11 is 0. The Hall–Kier alpha value is -3.16. The van der Waals surface area contributed by atoms with Crippen molar-refractivity contribution in [2.45, 2.75) is 45.2 Å². The second-order valence-corrected chi connectivity index (χ2v) is 9.45. The molecule has 1 aliphatic heterocycles. The van der Waals surface area contributed by atoms with Crippen LogP contribution in [0, 0.1) is 12.3 Å². The first kappa shape index (κ1) is 18.6. The van der Waals surface area contributed by atoms with Gasteiger partial charge in [0.2, 0.25) is 0 Å². The minimum absolute atomic E-state index is 0.0256. The van der Waals surface area contributed by atoms with Crippen molar-refractivity contribution < 1.29 is 4.79 Å². The molecular formula is C23H27N7O.